The molecule has 3 aromatic carbocycles. The number of nitrogens with zero attached hydrogens (tertiary/aromatic N) is 1. The van der Waals surface area contributed by atoms with Crippen LogP contribution in [0.4, 0.5) is 5.69 Å². The van der Waals surface area contributed by atoms with E-state index in [-0.39, 0.29) is 12.2 Å². The first-order valence-corrected chi connectivity index (χ1v) is 9.33. The van der Waals surface area contributed by atoms with Gasteiger partial charge in [0.05, 0.1) is 22.4 Å². The van der Waals surface area contributed by atoms with Gasteiger partial charge in [-0.15, -0.1) is 0 Å². The molecule has 1 aliphatic rings. The van der Waals surface area contributed by atoms with Crippen LogP contribution in [-0.2, 0) is 11.3 Å². The number of anilines is 1. The number of rotatable bonds is 4. The van der Waals surface area contributed by atoms with Crippen molar-refractivity contribution in [1.29, 1.82) is 0 Å². The Morgan fingerprint density at radius 2 is 1.50 bits per heavy atom. The van der Waals surface area contributed by atoms with Crippen LogP contribution in [0.15, 0.2) is 77.3 Å². The van der Waals surface area contributed by atoms with E-state index in [1.165, 1.54) is 6.07 Å². The highest BCUT2D eigenvalue weighted by Crippen LogP contribution is 2.28. The third-order valence-corrected chi connectivity index (χ3v) is 4.95. The maximum atomic E-state index is 12.6. The lowest BCUT2D eigenvalue weighted by Crippen LogP contribution is -2.29. The molecule has 28 heavy (non-hydrogen) atoms. The molecule has 0 bridgehead atoms. The van der Waals surface area contributed by atoms with Crippen molar-refractivity contribution in [2.45, 2.75) is 6.61 Å². The van der Waals surface area contributed by atoms with Gasteiger partial charge in [-0.3, -0.25) is 9.59 Å². The van der Waals surface area contributed by atoms with Crippen LogP contribution in [0.25, 0.3) is 0 Å². The Bertz CT molecular complexity index is 1060. The lowest BCUT2D eigenvalue weighted by molar-refractivity contribution is 0.0472. The van der Waals surface area contributed by atoms with Crippen LogP contribution in [0.2, 0.25) is 0 Å². The van der Waals surface area contributed by atoms with E-state index in [2.05, 4.69) is 15.9 Å². The molecule has 2 amide bonds. The molecule has 0 fully saturated rings. The van der Waals surface area contributed by atoms with Crippen LogP contribution >= 0.6 is 15.9 Å². The first-order valence-electron chi connectivity index (χ1n) is 8.54. The van der Waals surface area contributed by atoms with Gasteiger partial charge < -0.3 is 4.74 Å². The molecule has 0 N–H and O–H groups in total. The fourth-order valence-electron chi connectivity index (χ4n) is 3.01. The highest BCUT2D eigenvalue weighted by Gasteiger charge is 2.36. The monoisotopic (exact) mass is 435 g/mol. The quantitative estimate of drug-likeness (QED) is 0.443. The summed E-state index contributed by atoms with van der Waals surface area (Å²) in [6.07, 6.45) is 0. The molecule has 138 valence electrons. The molecular formula is C22H14BrNO4. The average molecular weight is 436 g/mol. The summed E-state index contributed by atoms with van der Waals surface area (Å²) < 4.78 is 6.29. The predicted molar refractivity (Wildman–Crippen MR) is 107 cm³/mol. The Morgan fingerprint density at radius 1 is 0.857 bits per heavy atom. The lowest BCUT2D eigenvalue weighted by atomic mass is 10.1. The number of carbonyl (C=O) groups excluding carboxylic acids is 3. The fourth-order valence-corrected chi connectivity index (χ4v) is 3.27. The Morgan fingerprint density at radius 3 is 2.14 bits per heavy atom. The Labute approximate surface area is 169 Å². The second kappa shape index (κ2) is 7.40. The summed E-state index contributed by atoms with van der Waals surface area (Å²) in [5, 5.41) is 0. The number of fused-ring (bicyclic) bond motifs is 1. The van der Waals surface area contributed by atoms with E-state index in [1.807, 2.05) is 24.3 Å². The number of benzene rings is 3. The zero-order chi connectivity index (χ0) is 19.7. The number of hydrogen-bond acceptors (Lipinski definition) is 4. The third-order valence-electron chi connectivity index (χ3n) is 4.42. The van der Waals surface area contributed by atoms with E-state index in [0.29, 0.717) is 16.8 Å². The van der Waals surface area contributed by atoms with Crippen LogP contribution < -0.4 is 4.90 Å². The van der Waals surface area contributed by atoms with Gasteiger partial charge in [0.2, 0.25) is 0 Å². The summed E-state index contributed by atoms with van der Waals surface area (Å²) in [6.45, 7) is 0.128. The third kappa shape index (κ3) is 3.34. The maximum absolute atomic E-state index is 12.6. The smallest absolute Gasteiger partial charge is 0.338 e. The number of carbonyl (C=O) groups is 3. The Hall–Kier alpha value is -3.25. The van der Waals surface area contributed by atoms with Gasteiger partial charge >= 0.3 is 5.97 Å². The molecule has 6 heteroatoms. The standard InChI is InChI=1S/C22H14BrNO4/c23-16-10-8-14(9-11-16)13-28-22(27)15-4-3-5-17(12-15)24-20(25)18-6-1-2-7-19(18)21(24)26/h1-12H,13H2. The molecule has 1 aliphatic heterocycles. The van der Waals surface area contributed by atoms with Gasteiger partial charge in [-0.25, -0.2) is 9.69 Å². The number of imide groups is 1. The van der Waals surface area contributed by atoms with Crippen LogP contribution in [0.5, 0.6) is 0 Å². The first-order chi connectivity index (χ1) is 13.5. The molecule has 0 spiro atoms. The molecule has 3 aromatic rings. The predicted octanol–water partition coefficient (Wildman–Crippen LogP) is 4.61. The van der Waals surface area contributed by atoms with E-state index < -0.39 is 17.8 Å². The molecule has 4 rings (SSSR count). The fraction of sp³-hybridized carbons (Fsp3) is 0.0455. The summed E-state index contributed by atoms with van der Waals surface area (Å²) in [5.74, 6) is -1.33. The van der Waals surface area contributed by atoms with E-state index in [1.54, 1.807) is 42.5 Å². The number of halogens is 1. The van der Waals surface area contributed by atoms with Crippen molar-refractivity contribution in [1.82, 2.24) is 0 Å². The SMILES string of the molecule is O=C(OCc1ccc(Br)cc1)c1cccc(N2C(=O)c3ccccc3C2=O)c1. The molecule has 0 unspecified atom stereocenters. The summed E-state index contributed by atoms with van der Waals surface area (Å²) in [6, 6.07) is 20.4. The molecule has 0 saturated heterocycles. The Kier molecular flexibility index (Phi) is 4.79. The normalized spacial score (nSPS) is 12.8. The second-order valence-electron chi connectivity index (χ2n) is 6.24. The maximum Gasteiger partial charge on any atom is 0.338 e. The van der Waals surface area contributed by atoms with Crippen LogP contribution in [0, 0.1) is 0 Å². The zero-order valence-electron chi connectivity index (χ0n) is 14.6. The molecule has 5 nitrogen and oxygen atoms in total. The van der Waals surface area contributed by atoms with Crippen molar-refractivity contribution in [3.8, 4) is 0 Å². The van der Waals surface area contributed by atoms with Gasteiger partial charge in [-0.2, -0.15) is 0 Å². The lowest BCUT2D eigenvalue weighted by Gasteiger charge is -2.15. The van der Waals surface area contributed by atoms with Crippen molar-refractivity contribution in [3.05, 3.63) is 99.5 Å². The number of hydrogen-bond donors (Lipinski definition) is 0. The second-order valence-corrected chi connectivity index (χ2v) is 7.16. The molecule has 0 radical (unpaired) electrons. The molecular weight excluding hydrogens is 422 g/mol. The topological polar surface area (TPSA) is 63.7 Å². The minimum absolute atomic E-state index is 0.128. The van der Waals surface area contributed by atoms with Crippen molar-refractivity contribution >= 4 is 39.4 Å². The van der Waals surface area contributed by atoms with Crippen molar-refractivity contribution in [2.75, 3.05) is 4.90 Å². The number of esters is 1. The van der Waals surface area contributed by atoms with E-state index in [9.17, 15) is 14.4 Å². The molecule has 0 atom stereocenters. The van der Waals surface area contributed by atoms with Gasteiger partial charge in [0, 0.05) is 4.47 Å². The summed E-state index contributed by atoms with van der Waals surface area (Å²) in [7, 11) is 0. The highest BCUT2D eigenvalue weighted by molar-refractivity contribution is 9.10. The largest absolute Gasteiger partial charge is 0.457 e. The van der Waals surface area contributed by atoms with Gasteiger partial charge in [0.1, 0.15) is 6.61 Å². The van der Waals surface area contributed by atoms with Gasteiger partial charge in [-0.05, 0) is 48.0 Å². The van der Waals surface area contributed by atoms with Crippen molar-refractivity contribution in [3.63, 3.8) is 0 Å². The zero-order valence-corrected chi connectivity index (χ0v) is 16.2. The van der Waals surface area contributed by atoms with Gasteiger partial charge in [-0.1, -0.05) is 46.3 Å². The van der Waals surface area contributed by atoms with Gasteiger partial charge in [0.15, 0.2) is 0 Å². The number of amides is 2. The van der Waals surface area contributed by atoms with E-state index in [4.69, 9.17) is 4.74 Å². The van der Waals surface area contributed by atoms with Crippen molar-refractivity contribution in [2.24, 2.45) is 0 Å². The molecule has 0 aliphatic carbocycles. The molecule has 1 heterocycles. The van der Waals surface area contributed by atoms with Crippen LogP contribution in [0.3, 0.4) is 0 Å². The summed E-state index contributed by atoms with van der Waals surface area (Å²) >= 11 is 3.36. The first kappa shape index (κ1) is 18.1. The summed E-state index contributed by atoms with van der Waals surface area (Å²) in [4.78, 5) is 38.7. The average Bonchev–Trinajstić information content (AvgIpc) is 2.98. The molecule has 0 saturated carbocycles. The van der Waals surface area contributed by atoms with Crippen LogP contribution in [-0.4, -0.2) is 17.8 Å². The van der Waals surface area contributed by atoms with Crippen LogP contribution in [0.1, 0.15) is 36.6 Å². The Balaban J connectivity index is 1.53. The summed E-state index contributed by atoms with van der Waals surface area (Å²) in [5.41, 5.74) is 2.18. The molecule has 0 aromatic heterocycles. The van der Waals surface area contributed by atoms with Crippen molar-refractivity contribution < 1.29 is 19.1 Å². The minimum Gasteiger partial charge on any atom is -0.457 e. The van der Waals surface area contributed by atoms with E-state index >= 15 is 0 Å². The highest BCUT2D eigenvalue weighted by atomic mass is 79.9. The van der Waals surface area contributed by atoms with Gasteiger partial charge in [0.25, 0.3) is 11.8 Å². The van der Waals surface area contributed by atoms with E-state index in [0.717, 1.165) is 14.9 Å². The minimum atomic E-state index is -0.527. The number of ether oxygens (including phenoxy) is 1.